The lowest BCUT2D eigenvalue weighted by Gasteiger charge is -2.21. The van der Waals surface area contributed by atoms with Gasteiger partial charge in [0.15, 0.2) is 0 Å². The number of imidazole rings is 1. The summed E-state index contributed by atoms with van der Waals surface area (Å²) in [7, 11) is 0. The minimum atomic E-state index is -0.672. The lowest BCUT2D eigenvalue weighted by molar-refractivity contribution is -0.126. The number of nitrogens with two attached hydrogens (primary N) is 1. The Morgan fingerprint density at radius 3 is 2.90 bits per heavy atom. The van der Waals surface area contributed by atoms with Gasteiger partial charge in [0.2, 0.25) is 5.91 Å². The first kappa shape index (κ1) is 13.1. The van der Waals surface area contributed by atoms with Crippen molar-refractivity contribution in [2.75, 3.05) is 0 Å². The highest BCUT2D eigenvalue weighted by Crippen LogP contribution is 2.27. The Kier molecular flexibility index (Phi) is 3.22. The molecule has 1 aliphatic carbocycles. The fourth-order valence-corrected chi connectivity index (χ4v) is 2.86. The van der Waals surface area contributed by atoms with Crippen LogP contribution in [0.2, 0.25) is 0 Å². The molecule has 2 aromatic rings. The van der Waals surface area contributed by atoms with E-state index in [0.717, 1.165) is 42.7 Å². The van der Waals surface area contributed by atoms with Crippen molar-refractivity contribution >= 4 is 11.6 Å². The largest absolute Gasteiger partial charge is 0.349 e. The van der Waals surface area contributed by atoms with Gasteiger partial charge in [-0.25, -0.2) is 4.98 Å². The summed E-state index contributed by atoms with van der Waals surface area (Å²) in [5.74, 6) is -0.0521. The summed E-state index contributed by atoms with van der Waals surface area (Å²) in [5, 5.41) is 2.92. The van der Waals surface area contributed by atoms with Crippen LogP contribution in [0.3, 0.4) is 0 Å². The maximum absolute atomic E-state index is 12.2. The number of hydrogen-bond donors (Lipinski definition) is 2. The Morgan fingerprint density at radius 2 is 2.20 bits per heavy atom. The summed E-state index contributed by atoms with van der Waals surface area (Å²) in [5.41, 5.74) is 8.34. The van der Waals surface area contributed by atoms with E-state index in [0.29, 0.717) is 6.54 Å². The zero-order valence-corrected chi connectivity index (χ0v) is 11.7. The van der Waals surface area contributed by atoms with E-state index >= 15 is 0 Å². The molecule has 0 saturated heterocycles. The first-order chi connectivity index (χ1) is 9.58. The number of rotatable bonds is 3. The first-order valence-electron chi connectivity index (χ1n) is 7.09. The van der Waals surface area contributed by atoms with Gasteiger partial charge in [-0.05, 0) is 31.9 Å². The van der Waals surface area contributed by atoms with Gasteiger partial charge in [-0.3, -0.25) is 4.79 Å². The molecule has 1 aliphatic rings. The average molecular weight is 272 g/mol. The van der Waals surface area contributed by atoms with Gasteiger partial charge >= 0.3 is 0 Å². The molecule has 0 unspecified atom stereocenters. The maximum atomic E-state index is 12.2. The van der Waals surface area contributed by atoms with Crippen molar-refractivity contribution in [3.63, 3.8) is 0 Å². The Morgan fingerprint density at radius 1 is 1.45 bits per heavy atom. The molecule has 0 bridgehead atoms. The predicted octanol–water partition coefficient (Wildman–Crippen LogP) is 1.53. The Labute approximate surface area is 118 Å². The molecule has 1 amide bonds. The standard InChI is InChI=1S/C15H20N4O/c1-11-5-4-6-13-18-12(10-19(11)13)9-17-14(20)15(16)7-2-3-8-15/h4-6,10H,2-3,7-9,16H2,1H3,(H,17,20). The molecule has 106 valence electrons. The second-order valence-corrected chi connectivity index (χ2v) is 5.67. The number of aromatic nitrogens is 2. The number of hydrogen-bond acceptors (Lipinski definition) is 3. The number of nitrogens with zero attached hydrogens (tertiary/aromatic N) is 2. The molecule has 0 radical (unpaired) electrons. The van der Waals surface area contributed by atoms with Crippen LogP contribution in [0.25, 0.3) is 5.65 Å². The van der Waals surface area contributed by atoms with Gasteiger partial charge in [-0.1, -0.05) is 18.9 Å². The third-order valence-electron chi connectivity index (χ3n) is 4.12. The molecule has 3 rings (SSSR count). The topological polar surface area (TPSA) is 72.4 Å². The quantitative estimate of drug-likeness (QED) is 0.890. The molecular weight excluding hydrogens is 252 g/mol. The number of pyridine rings is 1. The maximum Gasteiger partial charge on any atom is 0.240 e. The normalized spacial score (nSPS) is 17.5. The molecule has 5 heteroatoms. The summed E-state index contributed by atoms with van der Waals surface area (Å²) >= 11 is 0. The molecule has 0 atom stereocenters. The molecule has 0 aliphatic heterocycles. The molecule has 20 heavy (non-hydrogen) atoms. The highest BCUT2D eigenvalue weighted by Gasteiger charge is 2.36. The Hall–Kier alpha value is -1.88. The highest BCUT2D eigenvalue weighted by atomic mass is 16.2. The van der Waals surface area contributed by atoms with Gasteiger partial charge in [-0.2, -0.15) is 0 Å². The lowest BCUT2D eigenvalue weighted by Crippen LogP contribution is -2.51. The van der Waals surface area contributed by atoms with Crippen LogP contribution < -0.4 is 11.1 Å². The van der Waals surface area contributed by atoms with Crippen molar-refractivity contribution in [2.24, 2.45) is 5.73 Å². The fourth-order valence-electron chi connectivity index (χ4n) is 2.86. The van der Waals surface area contributed by atoms with Crippen LogP contribution in [0, 0.1) is 6.92 Å². The zero-order chi connectivity index (χ0) is 14.2. The second-order valence-electron chi connectivity index (χ2n) is 5.67. The molecule has 1 fully saturated rings. The van der Waals surface area contributed by atoms with Crippen molar-refractivity contribution < 1.29 is 4.79 Å². The van der Waals surface area contributed by atoms with E-state index in [1.807, 2.05) is 35.7 Å². The number of carbonyl (C=O) groups excluding carboxylic acids is 1. The van der Waals surface area contributed by atoms with Crippen LogP contribution in [0.5, 0.6) is 0 Å². The molecule has 5 nitrogen and oxygen atoms in total. The summed E-state index contributed by atoms with van der Waals surface area (Å²) in [4.78, 5) is 16.7. The summed E-state index contributed by atoms with van der Waals surface area (Å²) in [6, 6.07) is 5.97. The van der Waals surface area contributed by atoms with Crippen LogP contribution in [-0.4, -0.2) is 20.8 Å². The van der Waals surface area contributed by atoms with Crippen LogP contribution in [0.1, 0.15) is 37.1 Å². The molecule has 0 aromatic carbocycles. The van der Waals surface area contributed by atoms with Crippen LogP contribution in [0.15, 0.2) is 24.4 Å². The third-order valence-corrected chi connectivity index (χ3v) is 4.12. The van der Waals surface area contributed by atoms with E-state index in [4.69, 9.17) is 5.73 Å². The number of fused-ring (bicyclic) bond motifs is 1. The number of amides is 1. The Balaban J connectivity index is 1.71. The SMILES string of the molecule is Cc1cccc2nc(CNC(=O)C3(N)CCCC3)cn12. The van der Waals surface area contributed by atoms with Gasteiger partial charge in [0.1, 0.15) is 5.65 Å². The predicted molar refractivity (Wildman–Crippen MR) is 77.2 cm³/mol. The minimum Gasteiger partial charge on any atom is -0.349 e. The lowest BCUT2D eigenvalue weighted by atomic mass is 9.98. The molecule has 2 aromatic heterocycles. The summed E-state index contributed by atoms with van der Waals surface area (Å²) in [6.07, 6.45) is 5.60. The van der Waals surface area contributed by atoms with E-state index in [-0.39, 0.29) is 5.91 Å². The summed E-state index contributed by atoms with van der Waals surface area (Å²) < 4.78 is 2.02. The molecule has 3 N–H and O–H groups in total. The number of carbonyl (C=O) groups is 1. The van der Waals surface area contributed by atoms with Crippen molar-refractivity contribution in [2.45, 2.75) is 44.7 Å². The monoisotopic (exact) mass is 272 g/mol. The van der Waals surface area contributed by atoms with Gasteiger partial charge in [0.05, 0.1) is 17.8 Å². The van der Waals surface area contributed by atoms with Crippen molar-refractivity contribution in [3.8, 4) is 0 Å². The van der Waals surface area contributed by atoms with Crippen LogP contribution in [0.4, 0.5) is 0 Å². The van der Waals surface area contributed by atoms with Crippen molar-refractivity contribution in [1.82, 2.24) is 14.7 Å². The van der Waals surface area contributed by atoms with Crippen LogP contribution >= 0.6 is 0 Å². The van der Waals surface area contributed by atoms with E-state index in [1.54, 1.807) is 0 Å². The number of aryl methyl sites for hydroxylation is 1. The third kappa shape index (κ3) is 2.29. The van der Waals surface area contributed by atoms with Gasteiger partial charge in [0, 0.05) is 11.9 Å². The molecular formula is C15H20N4O. The van der Waals surface area contributed by atoms with E-state index in [9.17, 15) is 4.79 Å². The van der Waals surface area contributed by atoms with E-state index < -0.39 is 5.54 Å². The van der Waals surface area contributed by atoms with E-state index in [2.05, 4.69) is 10.3 Å². The zero-order valence-electron chi connectivity index (χ0n) is 11.7. The molecule has 1 saturated carbocycles. The smallest absolute Gasteiger partial charge is 0.240 e. The number of nitrogens with one attached hydrogen (secondary N) is 1. The van der Waals surface area contributed by atoms with Crippen molar-refractivity contribution in [1.29, 1.82) is 0 Å². The average Bonchev–Trinajstić information content (AvgIpc) is 3.04. The molecule has 2 heterocycles. The van der Waals surface area contributed by atoms with Crippen molar-refractivity contribution in [3.05, 3.63) is 35.8 Å². The summed E-state index contributed by atoms with van der Waals surface area (Å²) in [6.45, 7) is 2.46. The Bertz CT molecular complexity index is 640. The first-order valence-corrected chi connectivity index (χ1v) is 7.09. The molecule has 0 spiro atoms. The van der Waals surface area contributed by atoms with Gasteiger partial charge in [0.25, 0.3) is 0 Å². The minimum absolute atomic E-state index is 0.0521. The highest BCUT2D eigenvalue weighted by molar-refractivity contribution is 5.86. The van der Waals surface area contributed by atoms with E-state index in [1.165, 1.54) is 0 Å². The fraction of sp³-hybridized carbons (Fsp3) is 0.467. The second kappa shape index (κ2) is 4.90. The van der Waals surface area contributed by atoms with Gasteiger partial charge in [-0.15, -0.1) is 0 Å². The van der Waals surface area contributed by atoms with Gasteiger partial charge < -0.3 is 15.5 Å². The van der Waals surface area contributed by atoms with Crippen LogP contribution in [-0.2, 0) is 11.3 Å².